The average Bonchev–Trinajstić information content (AvgIpc) is 3.34. The van der Waals surface area contributed by atoms with E-state index in [0.29, 0.717) is 23.2 Å². The minimum absolute atomic E-state index is 0.189. The van der Waals surface area contributed by atoms with Gasteiger partial charge in [-0.3, -0.25) is 9.59 Å². The number of hydrogen-bond acceptors (Lipinski definition) is 6. The Balaban J connectivity index is 1.64. The van der Waals surface area contributed by atoms with Crippen molar-refractivity contribution >= 4 is 23.6 Å². The molecule has 1 fully saturated rings. The van der Waals surface area contributed by atoms with Gasteiger partial charge in [0.1, 0.15) is 6.07 Å². The van der Waals surface area contributed by atoms with Gasteiger partial charge < -0.3 is 9.64 Å². The molecule has 34 heavy (non-hydrogen) atoms. The number of carbonyl (C=O) groups is 2. The van der Waals surface area contributed by atoms with Crippen LogP contribution < -0.4 is 0 Å². The number of amides is 1. The highest BCUT2D eigenvalue weighted by Crippen LogP contribution is 2.37. The maximum atomic E-state index is 13.6. The van der Waals surface area contributed by atoms with Gasteiger partial charge in [0.2, 0.25) is 0 Å². The molecule has 3 aromatic carbocycles. The van der Waals surface area contributed by atoms with Crippen LogP contribution in [0.4, 0.5) is 0 Å². The van der Waals surface area contributed by atoms with Gasteiger partial charge in [-0.2, -0.15) is 10.5 Å². The number of rotatable bonds is 5. The summed E-state index contributed by atoms with van der Waals surface area (Å²) in [5, 5.41) is 18.7. The molecule has 2 atom stereocenters. The van der Waals surface area contributed by atoms with Gasteiger partial charge in [-0.1, -0.05) is 48.2 Å². The fourth-order valence-electron chi connectivity index (χ4n) is 4.21. The number of hydrogen-bond donors (Lipinski definition) is 0. The molecule has 1 saturated heterocycles. The highest BCUT2D eigenvalue weighted by Gasteiger charge is 2.41. The third-order valence-electron chi connectivity index (χ3n) is 5.90. The van der Waals surface area contributed by atoms with Crippen LogP contribution >= 0.6 is 11.8 Å². The summed E-state index contributed by atoms with van der Waals surface area (Å²) in [6, 6.07) is 26.0. The van der Waals surface area contributed by atoms with E-state index in [1.54, 1.807) is 47.4 Å². The van der Waals surface area contributed by atoms with Crippen molar-refractivity contribution in [1.82, 2.24) is 4.90 Å². The van der Waals surface area contributed by atoms with Crippen molar-refractivity contribution in [3.05, 3.63) is 95.1 Å². The lowest BCUT2D eigenvalue weighted by molar-refractivity contribution is -0.145. The van der Waals surface area contributed by atoms with Crippen LogP contribution in [0.2, 0.25) is 0 Å². The monoisotopic (exact) mass is 467 g/mol. The molecule has 0 aromatic heterocycles. The van der Waals surface area contributed by atoms with E-state index < -0.39 is 5.92 Å². The van der Waals surface area contributed by atoms with E-state index in [1.807, 2.05) is 30.3 Å². The predicted octanol–water partition coefficient (Wildman–Crippen LogP) is 4.61. The van der Waals surface area contributed by atoms with Crippen LogP contribution in [-0.2, 0) is 9.53 Å². The Morgan fingerprint density at radius 2 is 1.68 bits per heavy atom. The van der Waals surface area contributed by atoms with Crippen LogP contribution in [0.3, 0.4) is 0 Å². The number of ether oxygens (including phenoxy) is 1. The second-order valence-electron chi connectivity index (χ2n) is 7.89. The zero-order valence-electron chi connectivity index (χ0n) is 18.5. The van der Waals surface area contributed by atoms with E-state index in [0.717, 1.165) is 15.4 Å². The van der Waals surface area contributed by atoms with Crippen LogP contribution in [0.5, 0.6) is 0 Å². The van der Waals surface area contributed by atoms with Crippen molar-refractivity contribution in [2.75, 3.05) is 20.2 Å². The molecule has 1 aliphatic rings. The van der Waals surface area contributed by atoms with Gasteiger partial charge in [-0.05, 0) is 42.0 Å². The molecule has 4 rings (SSSR count). The second kappa shape index (κ2) is 10.2. The molecular formula is C27H21N3O3S. The van der Waals surface area contributed by atoms with Crippen LogP contribution in [-0.4, -0.2) is 37.0 Å². The van der Waals surface area contributed by atoms with Crippen LogP contribution in [0.15, 0.2) is 82.6 Å². The van der Waals surface area contributed by atoms with Gasteiger partial charge in [0, 0.05) is 28.8 Å². The molecule has 6 nitrogen and oxygen atoms in total. The number of methoxy groups -OCH3 is 1. The van der Waals surface area contributed by atoms with Gasteiger partial charge in [0.05, 0.1) is 35.8 Å². The maximum absolute atomic E-state index is 13.6. The van der Waals surface area contributed by atoms with E-state index in [4.69, 9.17) is 4.74 Å². The standard InChI is InChI=1S/C27H21N3O3S/c1-33-27(32)23-17-30(16-22(23)19-9-6-7-18(13-19)14-28)26(31)21-10-3-5-12-25(21)34-24-11-4-2-8-20(24)15-29/h2-13,22-23H,16-17H2,1H3/t22-,23+/m1/s1. The molecular weight excluding hydrogens is 446 g/mol. The Kier molecular flexibility index (Phi) is 6.96. The van der Waals surface area contributed by atoms with Crippen LogP contribution in [0, 0.1) is 28.6 Å². The lowest BCUT2D eigenvalue weighted by atomic mass is 9.88. The Morgan fingerprint density at radius 3 is 2.41 bits per heavy atom. The fourth-order valence-corrected chi connectivity index (χ4v) is 5.22. The Morgan fingerprint density at radius 1 is 0.941 bits per heavy atom. The van der Waals surface area contributed by atoms with E-state index in [1.165, 1.54) is 18.9 Å². The number of esters is 1. The number of benzene rings is 3. The zero-order valence-corrected chi connectivity index (χ0v) is 19.3. The average molecular weight is 468 g/mol. The van der Waals surface area contributed by atoms with Gasteiger partial charge >= 0.3 is 5.97 Å². The highest BCUT2D eigenvalue weighted by molar-refractivity contribution is 7.99. The third-order valence-corrected chi connectivity index (χ3v) is 7.05. The molecule has 0 saturated carbocycles. The smallest absolute Gasteiger partial charge is 0.311 e. The van der Waals surface area contributed by atoms with Crippen molar-refractivity contribution in [2.24, 2.45) is 5.92 Å². The first-order valence-corrected chi connectivity index (χ1v) is 11.5. The SMILES string of the molecule is COC(=O)[C@H]1CN(C(=O)c2ccccc2Sc2ccccc2C#N)C[C@@H]1c1cccc(C#N)c1. The van der Waals surface area contributed by atoms with Crippen LogP contribution in [0.25, 0.3) is 0 Å². The van der Waals surface area contributed by atoms with Crippen LogP contribution in [0.1, 0.15) is 33.0 Å². The van der Waals surface area contributed by atoms with Crippen molar-refractivity contribution < 1.29 is 14.3 Å². The zero-order chi connectivity index (χ0) is 24.1. The van der Waals surface area contributed by atoms with Gasteiger partial charge in [-0.15, -0.1) is 0 Å². The molecule has 0 unspecified atom stereocenters. The number of nitrogens with zero attached hydrogens (tertiary/aromatic N) is 3. The maximum Gasteiger partial charge on any atom is 0.311 e. The lowest BCUT2D eigenvalue weighted by Crippen LogP contribution is -2.30. The summed E-state index contributed by atoms with van der Waals surface area (Å²) in [4.78, 5) is 29.4. The van der Waals surface area contributed by atoms with E-state index in [-0.39, 0.29) is 24.3 Å². The molecule has 168 valence electrons. The van der Waals surface area contributed by atoms with Crippen molar-refractivity contribution in [3.63, 3.8) is 0 Å². The first-order valence-electron chi connectivity index (χ1n) is 10.7. The minimum Gasteiger partial charge on any atom is -0.469 e. The number of nitriles is 2. The Labute approximate surface area is 202 Å². The molecule has 1 aliphatic heterocycles. The van der Waals surface area contributed by atoms with Crippen molar-refractivity contribution in [1.29, 1.82) is 10.5 Å². The molecule has 0 bridgehead atoms. The van der Waals surface area contributed by atoms with Crippen molar-refractivity contribution in [2.45, 2.75) is 15.7 Å². The number of carbonyl (C=O) groups excluding carboxylic acids is 2. The van der Waals surface area contributed by atoms with Crippen molar-refractivity contribution in [3.8, 4) is 12.1 Å². The molecule has 0 spiro atoms. The predicted molar refractivity (Wildman–Crippen MR) is 127 cm³/mol. The Bertz CT molecular complexity index is 1320. The summed E-state index contributed by atoms with van der Waals surface area (Å²) < 4.78 is 5.03. The van der Waals surface area contributed by atoms with E-state index in [2.05, 4.69) is 12.1 Å². The minimum atomic E-state index is -0.526. The molecule has 1 heterocycles. The summed E-state index contributed by atoms with van der Waals surface area (Å²) in [6.45, 7) is 0.558. The molecule has 0 N–H and O–H groups in total. The summed E-state index contributed by atoms with van der Waals surface area (Å²) in [6.07, 6.45) is 0. The van der Waals surface area contributed by atoms with Gasteiger partial charge in [0.25, 0.3) is 5.91 Å². The molecule has 7 heteroatoms. The summed E-state index contributed by atoms with van der Waals surface area (Å²) in [7, 11) is 1.34. The number of likely N-dealkylation sites (tertiary alicyclic amines) is 1. The highest BCUT2D eigenvalue weighted by atomic mass is 32.2. The van der Waals surface area contributed by atoms with Gasteiger partial charge in [0.15, 0.2) is 0 Å². The molecule has 0 aliphatic carbocycles. The fraction of sp³-hybridized carbons (Fsp3) is 0.185. The summed E-state index contributed by atoms with van der Waals surface area (Å²) in [5.41, 5.74) is 2.38. The molecule has 3 aromatic rings. The quantitative estimate of drug-likeness (QED) is 0.509. The first-order chi connectivity index (χ1) is 16.5. The van der Waals surface area contributed by atoms with Gasteiger partial charge in [-0.25, -0.2) is 0 Å². The third kappa shape index (κ3) is 4.66. The Hall–Kier alpha value is -4.07. The summed E-state index contributed by atoms with van der Waals surface area (Å²) in [5.74, 6) is -1.37. The van der Waals surface area contributed by atoms with E-state index >= 15 is 0 Å². The molecule has 1 amide bonds. The largest absolute Gasteiger partial charge is 0.469 e. The van der Waals surface area contributed by atoms with E-state index in [9.17, 15) is 20.1 Å². The first kappa shape index (κ1) is 23.1. The normalized spacial score (nSPS) is 17.0. The topological polar surface area (TPSA) is 94.2 Å². The summed E-state index contributed by atoms with van der Waals surface area (Å²) >= 11 is 1.37. The second-order valence-corrected chi connectivity index (χ2v) is 8.97. The lowest BCUT2D eigenvalue weighted by Gasteiger charge is -2.18. The molecule has 0 radical (unpaired) electrons.